The third kappa shape index (κ3) is 2.42. The van der Waals surface area contributed by atoms with Gasteiger partial charge in [0.15, 0.2) is 0 Å². The molecule has 1 fully saturated rings. The Labute approximate surface area is 106 Å². The molecule has 1 aliphatic rings. The Morgan fingerprint density at radius 2 is 2.11 bits per heavy atom. The Hall–Kier alpha value is -2.10. The van der Waals surface area contributed by atoms with Crippen molar-refractivity contribution in [1.82, 2.24) is 14.9 Å². The van der Waals surface area contributed by atoms with Gasteiger partial charge in [-0.05, 0) is 30.5 Å². The van der Waals surface area contributed by atoms with E-state index in [1.54, 1.807) is 12.5 Å². The molecule has 4 nitrogen and oxygen atoms in total. The van der Waals surface area contributed by atoms with E-state index in [-0.39, 0.29) is 11.8 Å². The SMILES string of the molecule is O=C(NCc1ccc(-n2ccnc2)cc1)C1CC1. The average Bonchev–Trinajstić information content (AvgIpc) is 3.12. The molecule has 0 unspecified atom stereocenters. The molecule has 0 bridgehead atoms. The highest BCUT2D eigenvalue weighted by molar-refractivity contribution is 5.80. The lowest BCUT2D eigenvalue weighted by Crippen LogP contribution is -2.24. The molecular formula is C14H15N3O. The minimum atomic E-state index is 0.189. The van der Waals surface area contributed by atoms with Crippen LogP contribution in [0.4, 0.5) is 0 Å². The van der Waals surface area contributed by atoms with Gasteiger partial charge in [-0.3, -0.25) is 4.79 Å². The van der Waals surface area contributed by atoms with Crippen molar-refractivity contribution < 1.29 is 4.79 Å². The van der Waals surface area contributed by atoms with E-state index in [4.69, 9.17) is 0 Å². The van der Waals surface area contributed by atoms with Crippen molar-refractivity contribution in [3.05, 3.63) is 48.5 Å². The first-order chi connectivity index (χ1) is 8.83. The molecule has 1 aromatic heterocycles. The van der Waals surface area contributed by atoms with Gasteiger partial charge in [-0.25, -0.2) is 4.98 Å². The van der Waals surface area contributed by atoms with Crippen LogP contribution in [-0.2, 0) is 11.3 Å². The largest absolute Gasteiger partial charge is 0.352 e. The van der Waals surface area contributed by atoms with Crippen LogP contribution in [0.25, 0.3) is 5.69 Å². The van der Waals surface area contributed by atoms with Gasteiger partial charge < -0.3 is 9.88 Å². The highest BCUT2D eigenvalue weighted by Gasteiger charge is 2.29. The van der Waals surface area contributed by atoms with E-state index >= 15 is 0 Å². The second-order valence-corrected chi connectivity index (χ2v) is 4.63. The van der Waals surface area contributed by atoms with E-state index in [0.717, 1.165) is 24.1 Å². The second-order valence-electron chi connectivity index (χ2n) is 4.63. The number of hydrogen-bond donors (Lipinski definition) is 1. The summed E-state index contributed by atoms with van der Waals surface area (Å²) in [7, 11) is 0. The topological polar surface area (TPSA) is 46.9 Å². The van der Waals surface area contributed by atoms with Crippen molar-refractivity contribution >= 4 is 5.91 Å². The fourth-order valence-electron chi connectivity index (χ4n) is 1.88. The highest BCUT2D eigenvalue weighted by atomic mass is 16.2. The van der Waals surface area contributed by atoms with Gasteiger partial charge in [0.25, 0.3) is 0 Å². The fraction of sp³-hybridized carbons (Fsp3) is 0.286. The van der Waals surface area contributed by atoms with Crippen LogP contribution in [0.1, 0.15) is 18.4 Å². The molecule has 1 aromatic carbocycles. The van der Waals surface area contributed by atoms with Crippen LogP contribution >= 0.6 is 0 Å². The van der Waals surface area contributed by atoms with Crippen LogP contribution in [-0.4, -0.2) is 15.5 Å². The Morgan fingerprint density at radius 3 is 2.72 bits per heavy atom. The van der Waals surface area contributed by atoms with Crippen LogP contribution in [0.5, 0.6) is 0 Å². The quantitative estimate of drug-likeness (QED) is 0.888. The second kappa shape index (κ2) is 4.64. The maximum Gasteiger partial charge on any atom is 0.223 e. The first-order valence-corrected chi connectivity index (χ1v) is 6.18. The first-order valence-electron chi connectivity index (χ1n) is 6.18. The van der Waals surface area contributed by atoms with Crippen LogP contribution in [0, 0.1) is 5.92 Å². The maximum atomic E-state index is 11.5. The van der Waals surface area contributed by atoms with Crippen molar-refractivity contribution in [3.63, 3.8) is 0 Å². The molecule has 1 N–H and O–H groups in total. The maximum absolute atomic E-state index is 11.5. The number of benzene rings is 1. The van der Waals surface area contributed by atoms with E-state index in [0.29, 0.717) is 6.54 Å². The summed E-state index contributed by atoms with van der Waals surface area (Å²) in [5.74, 6) is 0.462. The van der Waals surface area contributed by atoms with Crippen molar-refractivity contribution in [3.8, 4) is 5.69 Å². The molecule has 1 saturated carbocycles. The Balaban J connectivity index is 1.62. The van der Waals surface area contributed by atoms with Gasteiger partial charge in [0.1, 0.15) is 0 Å². The molecule has 92 valence electrons. The molecule has 1 aliphatic carbocycles. The first kappa shape index (κ1) is 11.0. The predicted molar refractivity (Wildman–Crippen MR) is 68.1 cm³/mol. The molecule has 1 amide bonds. The van der Waals surface area contributed by atoms with Crippen molar-refractivity contribution in [1.29, 1.82) is 0 Å². The van der Waals surface area contributed by atoms with Gasteiger partial charge in [0.05, 0.1) is 6.33 Å². The lowest BCUT2D eigenvalue weighted by Gasteiger charge is -2.06. The summed E-state index contributed by atoms with van der Waals surface area (Å²) in [5.41, 5.74) is 2.19. The normalized spacial score (nSPS) is 14.4. The molecule has 0 radical (unpaired) electrons. The number of rotatable bonds is 4. The Morgan fingerprint density at radius 1 is 1.33 bits per heavy atom. The van der Waals surface area contributed by atoms with Crippen LogP contribution in [0.3, 0.4) is 0 Å². The molecule has 2 aromatic rings. The predicted octanol–water partition coefficient (Wildman–Crippen LogP) is 1.90. The summed E-state index contributed by atoms with van der Waals surface area (Å²) >= 11 is 0. The number of carbonyl (C=O) groups is 1. The summed E-state index contributed by atoms with van der Waals surface area (Å²) in [4.78, 5) is 15.5. The standard InChI is InChI=1S/C14H15N3O/c18-14(12-3-4-12)16-9-11-1-5-13(6-2-11)17-8-7-15-10-17/h1-2,5-8,10,12H,3-4,9H2,(H,16,18). The zero-order valence-corrected chi connectivity index (χ0v) is 10.0. The van der Waals surface area contributed by atoms with Crippen molar-refractivity contribution in [2.24, 2.45) is 5.92 Å². The Bertz CT molecular complexity index is 527. The van der Waals surface area contributed by atoms with E-state index in [2.05, 4.69) is 10.3 Å². The van der Waals surface area contributed by atoms with Gasteiger partial charge in [-0.2, -0.15) is 0 Å². The molecule has 18 heavy (non-hydrogen) atoms. The molecule has 4 heteroatoms. The molecule has 0 atom stereocenters. The van der Waals surface area contributed by atoms with Gasteiger partial charge in [-0.1, -0.05) is 12.1 Å². The summed E-state index contributed by atoms with van der Waals surface area (Å²) < 4.78 is 1.95. The minimum absolute atomic E-state index is 0.189. The number of hydrogen-bond acceptors (Lipinski definition) is 2. The van der Waals surface area contributed by atoms with Crippen molar-refractivity contribution in [2.75, 3.05) is 0 Å². The van der Waals surface area contributed by atoms with Crippen molar-refractivity contribution in [2.45, 2.75) is 19.4 Å². The van der Waals surface area contributed by atoms with E-state index in [1.165, 1.54) is 0 Å². The lowest BCUT2D eigenvalue weighted by molar-refractivity contribution is -0.122. The molecule has 3 rings (SSSR count). The summed E-state index contributed by atoms with van der Waals surface area (Å²) in [6, 6.07) is 8.12. The minimum Gasteiger partial charge on any atom is -0.352 e. The monoisotopic (exact) mass is 241 g/mol. The number of imidazole rings is 1. The zero-order valence-electron chi connectivity index (χ0n) is 10.0. The summed E-state index contributed by atoms with van der Waals surface area (Å²) in [6.07, 6.45) is 7.52. The number of carbonyl (C=O) groups excluding carboxylic acids is 1. The fourth-order valence-corrected chi connectivity index (χ4v) is 1.88. The third-order valence-corrected chi connectivity index (χ3v) is 3.15. The number of nitrogens with one attached hydrogen (secondary N) is 1. The highest BCUT2D eigenvalue weighted by Crippen LogP contribution is 2.28. The molecular weight excluding hydrogens is 226 g/mol. The summed E-state index contributed by atoms with van der Waals surface area (Å²) in [5, 5.41) is 2.96. The molecule has 0 aliphatic heterocycles. The van der Waals surface area contributed by atoms with E-state index < -0.39 is 0 Å². The molecule has 0 spiro atoms. The van der Waals surface area contributed by atoms with Gasteiger partial charge >= 0.3 is 0 Å². The molecule has 0 saturated heterocycles. The number of amides is 1. The lowest BCUT2D eigenvalue weighted by atomic mass is 10.2. The van der Waals surface area contributed by atoms with Crippen LogP contribution < -0.4 is 5.32 Å². The third-order valence-electron chi connectivity index (χ3n) is 3.15. The van der Waals surface area contributed by atoms with Gasteiger partial charge in [0, 0.05) is 30.5 Å². The van der Waals surface area contributed by atoms with Crippen LogP contribution in [0.2, 0.25) is 0 Å². The van der Waals surface area contributed by atoms with E-state index in [9.17, 15) is 4.79 Å². The van der Waals surface area contributed by atoms with Gasteiger partial charge in [0.2, 0.25) is 5.91 Å². The average molecular weight is 241 g/mol. The van der Waals surface area contributed by atoms with E-state index in [1.807, 2.05) is 35.0 Å². The number of nitrogens with zero attached hydrogens (tertiary/aromatic N) is 2. The van der Waals surface area contributed by atoms with Gasteiger partial charge in [-0.15, -0.1) is 0 Å². The number of aromatic nitrogens is 2. The zero-order chi connectivity index (χ0) is 12.4. The Kier molecular flexibility index (Phi) is 2.84. The summed E-state index contributed by atoms with van der Waals surface area (Å²) in [6.45, 7) is 0.611. The smallest absolute Gasteiger partial charge is 0.223 e. The van der Waals surface area contributed by atoms with Crippen LogP contribution in [0.15, 0.2) is 43.0 Å². The molecule has 1 heterocycles.